The quantitative estimate of drug-likeness (QED) is 0.718. The first-order valence-electron chi connectivity index (χ1n) is 6.01. The Morgan fingerprint density at radius 3 is 2.74 bits per heavy atom. The van der Waals surface area contributed by atoms with Crippen LogP contribution in [0.15, 0.2) is 12.1 Å². The number of rotatable bonds is 7. The smallest absolute Gasteiger partial charge is 0.320 e. The van der Waals surface area contributed by atoms with Crippen molar-refractivity contribution in [3.05, 3.63) is 22.7 Å². The third kappa shape index (κ3) is 4.29. The van der Waals surface area contributed by atoms with Gasteiger partial charge in [0, 0.05) is 23.2 Å². The number of carboxylic acids is 1. The second-order valence-corrected chi connectivity index (χ2v) is 4.61. The van der Waals surface area contributed by atoms with E-state index < -0.39 is 12.0 Å². The average molecular weight is 288 g/mol. The van der Waals surface area contributed by atoms with Crippen molar-refractivity contribution in [2.75, 3.05) is 7.11 Å². The molecule has 1 atom stereocenters. The topological polar surface area (TPSA) is 78.8 Å². The Morgan fingerprint density at radius 1 is 1.53 bits per heavy atom. The number of carbonyl (C=O) groups is 1. The molecule has 0 aliphatic heterocycles. The van der Waals surface area contributed by atoms with Crippen LogP contribution in [0.4, 0.5) is 0 Å². The number of halogens is 1. The molecule has 0 spiro atoms. The zero-order valence-electron chi connectivity index (χ0n) is 10.9. The number of benzene rings is 1. The number of ether oxygens (including phenoxy) is 1. The molecule has 1 rings (SSSR count). The second kappa shape index (κ2) is 7.21. The zero-order valence-corrected chi connectivity index (χ0v) is 11.7. The first kappa shape index (κ1) is 15.6. The summed E-state index contributed by atoms with van der Waals surface area (Å²) in [6, 6.07) is 2.44. The standard InChI is InChI=1S/C13H18ClNO4/c1-3-4-10(13(17)18)15-7-8-5-9(14)6-11(19-2)12(8)16/h5-6,10,15-16H,3-4,7H2,1-2H3,(H,17,18). The maximum absolute atomic E-state index is 11.0. The number of hydrogen-bond acceptors (Lipinski definition) is 4. The summed E-state index contributed by atoms with van der Waals surface area (Å²) in [6.07, 6.45) is 1.28. The SMILES string of the molecule is CCCC(NCc1cc(Cl)cc(OC)c1O)C(=O)O. The number of methoxy groups -OCH3 is 1. The van der Waals surface area contributed by atoms with Gasteiger partial charge in [0.2, 0.25) is 0 Å². The van der Waals surface area contributed by atoms with Crippen molar-refractivity contribution in [2.45, 2.75) is 32.4 Å². The summed E-state index contributed by atoms with van der Waals surface area (Å²) in [5.41, 5.74) is 0.506. The van der Waals surface area contributed by atoms with Crippen LogP contribution >= 0.6 is 11.6 Å². The minimum Gasteiger partial charge on any atom is -0.504 e. The van der Waals surface area contributed by atoms with Crippen molar-refractivity contribution in [3.63, 3.8) is 0 Å². The van der Waals surface area contributed by atoms with E-state index in [9.17, 15) is 9.90 Å². The molecule has 1 aromatic rings. The van der Waals surface area contributed by atoms with Crippen LogP contribution in [0.25, 0.3) is 0 Å². The predicted molar refractivity (Wildman–Crippen MR) is 72.8 cm³/mol. The molecule has 0 radical (unpaired) electrons. The molecule has 0 saturated heterocycles. The van der Waals surface area contributed by atoms with E-state index >= 15 is 0 Å². The average Bonchev–Trinajstić information content (AvgIpc) is 2.37. The largest absolute Gasteiger partial charge is 0.504 e. The minimum atomic E-state index is -0.907. The fraction of sp³-hybridized carbons (Fsp3) is 0.462. The number of nitrogens with one attached hydrogen (secondary N) is 1. The van der Waals surface area contributed by atoms with E-state index in [1.165, 1.54) is 13.2 Å². The van der Waals surface area contributed by atoms with Gasteiger partial charge in [0.1, 0.15) is 6.04 Å². The van der Waals surface area contributed by atoms with E-state index in [1.54, 1.807) is 6.07 Å². The van der Waals surface area contributed by atoms with Gasteiger partial charge in [-0.3, -0.25) is 4.79 Å². The Labute approximate surface area is 117 Å². The highest BCUT2D eigenvalue weighted by molar-refractivity contribution is 6.30. The van der Waals surface area contributed by atoms with E-state index in [-0.39, 0.29) is 18.0 Å². The predicted octanol–water partition coefficient (Wildman–Crippen LogP) is 2.40. The van der Waals surface area contributed by atoms with Crippen LogP contribution in [0.2, 0.25) is 5.02 Å². The van der Waals surface area contributed by atoms with Gasteiger partial charge >= 0.3 is 5.97 Å². The number of phenols is 1. The van der Waals surface area contributed by atoms with Crippen LogP contribution < -0.4 is 10.1 Å². The van der Waals surface area contributed by atoms with Crippen molar-refractivity contribution in [1.29, 1.82) is 0 Å². The lowest BCUT2D eigenvalue weighted by Crippen LogP contribution is -2.36. The summed E-state index contributed by atoms with van der Waals surface area (Å²) in [7, 11) is 1.43. The molecule has 1 unspecified atom stereocenters. The number of carboxylic acid groups (broad SMARTS) is 1. The van der Waals surface area contributed by atoms with E-state index in [0.29, 0.717) is 17.0 Å². The van der Waals surface area contributed by atoms with Gasteiger partial charge in [-0.2, -0.15) is 0 Å². The van der Waals surface area contributed by atoms with Crippen LogP contribution in [0, 0.1) is 0 Å². The Kier molecular flexibility index (Phi) is 5.92. The summed E-state index contributed by atoms with van der Waals surface area (Å²) < 4.78 is 4.99. The fourth-order valence-electron chi connectivity index (χ4n) is 1.75. The molecule has 19 heavy (non-hydrogen) atoms. The maximum atomic E-state index is 11.0. The van der Waals surface area contributed by atoms with Crippen LogP contribution in [0.5, 0.6) is 11.5 Å². The molecular formula is C13H18ClNO4. The van der Waals surface area contributed by atoms with Gasteiger partial charge in [-0.25, -0.2) is 0 Å². The fourth-order valence-corrected chi connectivity index (χ4v) is 1.98. The van der Waals surface area contributed by atoms with Gasteiger partial charge in [-0.1, -0.05) is 24.9 Å². The lowest BCUT2D eigenvalue weighted by atomic mass is 10.1. The second-order valence-electron chi connectivity index (χ2n) is 4.18. The molecule has 106 valence electrons. The molecule has 3 N–H and O–H groups in total. The molecule has 0 aliphatic rings. The molecule has 0 amide bonds. The van der Waals surface area contributed by atoms with Gasteiger partial charge in [-0.05, 0) is 12.5 Å². The zero-order chi connectivity index (χ0) is 14.4. The number of phenolic OH excluding ortho intramolecular Hbond substituents is 1. The molecule has 0 saturated carbocycles. The number of aliphatic carboxylic acids is 1. The van der Waals surface area contributed by atoms with Crippen molar-refractivity contribution in [2.24, 2.45) is 0 Å². The van der Waals surface area contributed by atoms with Gasteiger partial charge < -0.3 is 20.3 Å². The van der Waals surface area contributed by atoms with E-state index in [1.807, 2.05) is 6.92 Å². The Balaban J connectivity index is 2.81. The van der Waals surface area contributed by atoms with Gasteiger partial charge in [0.15, 0.2) is 11.5 Å². The van der Waals surface area contributed by atoms with E-state index in [0.717, 1.165) is 6.42 Å². The lowest BCUT2D eigenvalue weighted by molar-refractivity contribution is -0.139. The van der Waals surface area contributed by atoms with E-state index in [4.69, 9.17) is 21.4 Å². The number of hydrogen-bond donors (Lipinski definition) is 3. The van der Waals surface area contributed by atoms with Gasteiger partial charge in [-0.15, -0.1) is 0 Å². The van der Waals surface area contributed by atoms with Crippen molar-refractivity contribution in [3.8, 4) is 11.5 Å². The lowest BCUT2D eigenvalue weighted by Gasteiger charge is -2.15. The summed E-state index contributed by atoms with van der Waals surface area (Å²) >= 11 is 5.90. The van der Waals surface area contributed by atoms with Crippen LogP contribution in [-0.4, -0.2) is 29.3 Å². The highest BCUT2D eigenvalue weighted by Gasteiger charge is 2.17. The Hall–Kier alpha value is -1.46. The molecule has 0 heterocycles. The van der Waals surface area contributed by atoms with Crippen LogP contribution in [0.1, 0.15) is 25.3 Å². The van der Waals surface area contributed by atoms with Crippen LogP contribution in [0.3, 0.4) is 0 Å². The Morgan fingerprint density at radius 2 is 2.21 bits per heavy atom. The van der Waals surface area contributed by atoms with Gasteiger partial charge in [0.05, 0.1) is 7.11 Å². The highest BCUT2D eigenvalue weighted by Crippen LogP contribution is 2.33. The first-order chi connectivity index (χ1) is 8.99. The van der Waals surface area contributed by atoms with Crippen molar-refractivity contribution < 1.29 is 19.7 Å². The summed E-state index contributed by atoms with van der Waals surface area (Å²) in [5, 5.41) is 22.3. The van der Waals surface area contributed by atoms with E-state index in [2.05, 4.69) is 5.32 Å². The molecule has 0 aliphatic carbocycles. The molecule has 6 heteroatoms. The normalized spacial score (nSPS) is 12.2. The molecule has 1 aromatic carbocycles. The molecule has 0 fully saturated rings. The highest BCUT2D eigenvalue weighted by atomic mass is 35.5. The third-order valence-electron chi connectivity index (χ3n) is 2.75. The maximum Gasteiger partial charge on any atom is 0.320 e. The Bertz CT molecular complexity index is 451. The summed E-state index contributed by atoms with van der Waals surface area (Å²) in [6.45, 7) is 2.12. The summed E-state index contributed by atoms with van der Waals surface area (Å²) in [5.74, 6) is -0.665. The first-order valence-corrected chi connectivity index (χ1v) is 6.39. The summed E-state index contributed by atoms with van der Waals surface area (Å²) in [4.78, 5) is 11.0. The molecule has 0 bridgehead atoms. The van der Waals surface area contributed by atoms with Gasteiger partial charge in [0.25, 0.3) is 0 Å². The number of aromatic hydroxyl groups is 1. The van der Waals surface area contributed by atoms with Crippen molar-refractivity contribution >= 4 is 17.6 Å². The molecule has 0 aromatic heterocycles. The van der Waals surface area contributed by atoms with Crippen molar-refractivity contribution in [1.82, 2.24) is 5.32 Å². The van der Waals surface area contributed by atoms with Crippen LogP contribution in [-0.2, 0) is 11.3 Å². The molecule has 5 nitrogen and oxygen atoms in total. The minimum absolute atomic E-state index is 0.0277. The third-order valence-corrected chi connectivity index (χ3v) is 2.97. The molecular weight excluding hydrogens is 270 g/mol. The monoisotopic (exact) mass is 287 g/mol.